The first kappa shape index (κ1) is 15.3. The summed E-state index contributed by atoms with van der Waals surface area (Å²) in [7, 11) is 0. The molecule has 1 aromatic rings. The monoisotopic (exact) mass is 281 g/mol. The van der Waals surface area contributed by atoms with E-state index in [2.05, 4.69) is 5.32 Å². The highest BCUT2D eigenvalue weighted by Crippen LogP contribution is 2.26. The van der Waals surface area contributed by atoms with Gasteiger partial charge in [0.1, 0.15) is 12.7 Å². The van der Waals surface area contributed by atoms with E-state index in [9.17, 15) is 9.50 Å². The lowest BCUT2D eigenvalue weighted by Crippen LogP contribution is -2.32. The zero-order chi connectivity index (χ0) is 14.2. The van der Waals surface area contributed by atoms with E-state index in [1.165, 1.54) is 38.2 Å². The van der Waals surface area contributed by atoms with Gasteiger partial charge in [0.05, 0.1) is 0 Å². The van der Waals surface area contributed by atoms with Crippen LogP contribution in [0.5, 0.6) is 5.75 Å². The summed E-state index contributed by atoms with van der Waals surface area (Å²) in [5.41, 5.74) is 0. The fraction of sp³-hybridized carbons (Fsp3) is 0.625. The molecule has 1 atom stereocenters. The normalized spacial score (nSPS) is 17.3. The SMILES string of the molecule is OC(CNCCC1CCCC1)COc1ccccc1F. The molecule has 0 radical (unpaired) electrons. The van der Waals surface area contributed by atoms with Gasteiger partial charge in [-0.25, -0.2) is 4.39 Å². The topological polar surface area (TPSA) is 41.5 Å². The van der Waals surface area contributed by atoms with Crippen LogP contribution in [0.2, 0.25) is 0 Å². The van der Waals surface area contributed by atoms with Crippen molar-refractivity contribution in [3.63, 3.8) is 0 Å². The molecule has 20 heavy (non-hydrogen) atoms. The molecule has 112 valence electrons. The highest BCUT2D eigenvalue weighted by atomic mass is 19.1. The Morgan fingerprint density at radius 2 is 2.05 bits per heavy atom. The van der Waals surface area contributed by atoms with E-state index >= 15 is 0 Å². The van der Waals surface area contributed by atoms with Crippen LogP contribution in [0.1, 0.15) is 32.1 Å². The van der Waals surface area contributed by atoms with Gasteiger partial charge >= 0.3 is 0 Å². The van der Waals surface area contributed by atoms with Crippen LogP contribution in [0.15, 0.2) is 24.3 Å². The van der Waals surface area contributed by atoms with Crippen LogP contribution in [0.25, 0.3) is 0 Å². The van der Waals surface area contributed by atoms with Gasteiger partial charge in [0.2, 0.25) is 0 Å². The average Bonchev–Trinajstić information content (AvgIpc) is 2.96. The lowest BCUT2D eigenvalue weighted by molar-refractivity contribution is 0.104. The van der Waals surface area contributed by atoms with E-state index in [1.807, 2.05) is 0 Å². The molecule has 1 unspecified atom stereocenters. The Kier molecular flexibility index (Phi) is 6.27. The zero-order valence-corrected chi connectivity index (χ0v) is 11.9. The highest BCUT2D eigenvalue weighted by Gasteiger charge is 2.14. The molecule has 0 heterocycles. The average molecular weight is 281 g/mol. The van der Waals surface area contributed by atoms with Gasteiger partial charge in [-0.2, -0.15) is 0 Å². The molecule has 2 N–H and O–H groups in total. The summed E-state index contributed by atoms with van der Waals surface area (Å²) < 4.78 is 18.6. The van der Waals surface area contributed by atoms with Crippen molar-refractivity contribution in [2.45, 2.75) is 38.2 Å². The summed E-state index contributed by atoms with van der Waals surface area (Å²) in [6.07, 6.45) is 5.99. The predicted octanol–water partition coefficient (Wildman–Crippen LogP) is 2.74. The van der Waals surface area contributed by atoms with E-state index in [4.69, 9.17) is 4.74 Å². The fourth-order valence-electron chi connectivity index (χ4n) is 2.68. The number of ether oxygens (including phenoxy) is 1. The third-order valence-electron chi connectivity index (χ3n) is 3.85. The maximum Gasteiger partial charge on any atom is 0.165 e. The third-order valence-corrected chi connectivity index (χ3v) is 3.85. The van der Waals surface area contributed by atoms with Crippen molar-refractivity contribution in [3.8, 4) is 5.75 Å². The fourth-order valence-corrected chi connectivity index (χ4v) is 2.68. The first-order chi connectivity index (χ1) is 9.75. The summed E-state index contributed by atoms with van der Waals surface area (Å²) in [4.78, 5) is 0. The summed E-state index contributed by atoms with van der Waals surface area (Å²) in [6, 6.07) is 6.24. The molecule has 1 aliphatic carbocycles. The number of aliphatic hydroxyl groups excluding tert-OH is 1. The first-order valence-electron chi connectivity index (χ1n) is 7.52. The Balaban J connectivity index is 1.56. The van der Waals surface area contributed by atoms with Gasteiger partial charge in [-0.05, 0) is 31.0 Å². The van der Waals surface area contributed by atoms with Crippen LogP contribution in [0.4, 0.5) is 4.39 Å². The second-order valence-electron chi connectivity index (χ2n) is 5.54. The molecular formula is C16H24FNO2. The minimum atomic E-state index is -0.613. The van der Waals surface area contributed by atoms with Crippen molar-refractivity contribution in [2.75, 3.05) is 19.7 Å². The molecule has 0 bridgehead atoms. The molecule has 0 spiro atoms. The summed E-state index contributed by atoms with van der Waals surface area (Å²) in [5.74, 6) is 0.653. The smallest absolute Gasteiger partial charge is 0.165 e. The quantitative estimate of drug-likeness (QED) is 0.720. The number of hydrogen-bond donors (Lipinski definition) is 2. The molecule has 1 aliphatic rings. The molecule has 1 fully saturated rings. The zero-order valence-electron chi connectivity index (χ0n) is 11.9. The Morgan fingerprint density at radius 1 is 1.30 bits per heavy atom. The van der Waals surface area contributed by atoms with Crippen LogP contribution in [-0.4, -0.2) is 30.9 Å². The minimum Gasteiger partial charge on any atom is -0.488 e. The Labute approximate surface area is 120 Å². The van der Waals surface area contributed by atoms with Gasteiger partial charge in [0.15, 0.2) is 11.6 Å². The Hall–Kier alpha value is -1.13. The van der Waals surface area contributed by atoms with Crippen molar-refractivity contribution in [1.29, 1.82) is 0 Å². The van der Waals surface area contributed by atoms with Crippen molar-refractivity contribution < 1.29 is 14.2 Å². The van der Waals surface area contributed by atoms with Crippen LogP contribution >= 0.6 is 0 Å². The second-order valence-corrected chi connectivity index (χ2v) is 5.54. The van der Waals surface area contributed by atoms with Gasteiger partial charge in [0, 0.05) is 6.54 Å². The molecule has 1 saturated carbocycles. The molecule has 2 rings (SSSR count). The molecular weight excluding hydrogens is 257 g/mol. The molecule has 0 aliphatic heterocycles. The number of halogens is 1. The maximum atomic E-state index is 13.3. The molecule has 0 aromatic heterocycles. The molecule has 1 aromatic carbocycles. The number of para-hydroxylation sites is 1. The number of aliphatic hydroxyl groups is 1. The highest BCUT2D eigenvalue weighted by molar-refractivity contribution is 5.23. The van der Waals surface area contributed by atoms with E-state index in [0.29, 0.717) is 6.54 Å². The van der Waals surface area contributed by atoms with Gasteiger partial charge in [-0.3, -0.25) is 0 Å². The Bertz CT molecular complexity index is 394. The molecule has 4 heteroatoms. The van der Waals surface area contributed by atoms with E-state index < -0.39 is 11.9 Å². The molecule has 0 amide bonds. The number of benzene rings is 1. The van der Waals surface area contributed by atoms with Crippen LogP contribution in [0, 0.1) is 11.7 Å². The second kappa shape index (κ2) is 8.22. The maximum absolute atomic E-state index is 13.3. The third kappa shape index (κ3) is 5.10. The first-order valence-corrected chi connectivity index (χ1v) is 7.52. The van der Waals surface area contributed by atoms with Gasteiger partial charge < -0.3 is 15.2 Å². The van der Waals surface area contributed by atoms with Crippen molar-refractivity contribution in [1.82, 2.24) is 5.32 Å². The van der Waals surface area contributed by atoms with Crippen molar-refractivity contribution in [3.05, 3.63) is 30.1 Å². The number of hydrogen-bond acceptors (Lipinski definition) is 3. The van der Waals surface area contributed by atoms with Gasteiger partial charge in [-0.1, -0.05) is 37.8 Å². The largest absolute Gasteiger partial charge is 0.488 e. The summed E-state index contributed by atoms with van der Waals surface area (Å²) in [6.45, 7) is 1.53. The summed E-state index contributed by atoms with van der Waals surface area (Å²) >= 11 is 0. The van der Waals surface area contributed by atoms with E-state index in [-0.39, 0.29) is 12.4 Å². The van der Waals surface area contributed by atoms with E-state index in [0.717, 1.165) is 12.5 Å². The number of nitrogens with one attached hydrogen (secondary N) is 1. The van der Waals surface area contributed by atoms with Crippen LogP contribution in [-0.2, 0) is 0 Å². The van der Waals surface area contributed by atoms with Crippen LogP contribution in [0.3, 0.4) is 0 Å². The van der Waals surface area contributed by atoms with Crippen molar-refractivity contribution >= 4 is 0 Å². The molecule has 0 saturated heterocycles. The number of rotatable bonds is 8. The van der Waals surface area contributed by atoms with Gasteiger partial charge in [-0.15, -0.1) is 0 Å². The predicted molar refractivity (Wildman–Crippen MR) is 77.3 cm³/mol. The van der Waals surface area contributed by atoms with E-state index in [1.54, 1.807) is 18.2 Å². The standard InChI is InChI=1S/C16H24FNO2/c17-15-7-3-4-8-16(15)20-12-14(19)11-18-10-9-13-5-1-2-6-13/h3-4,7-8,13-14,18-19H,1-2,5-6,9-12H2. The minimum absolute atomic E-state index is 0.108. The summed E-state index contributed by atoms with van der Waals surface area (Å²) in [5, 5.41) is 13.0. The lowest BCUT2D eigenvalue weighted by atomic mass is 10.0. The van der Waals surface area contributed by atoms with Crippen molar-refractivity contribution in [2.24, 2.45) is 5.92 Å². The van der Waals surface area contributed by atoms with Gasteiger partial charge in [0.25, 0.3) is 0 Å². The lowest BCUT2D eigenvalue weighted by Gasteiger charge is -2.14. The molecule has 3 nitrogen and oxygen atoms in total. The Morgan fingerprint density at radius 3 is 2.80 bits per heavy atom. The van der Waals surface area contributed by atoms with Crippen LogP contribution < -0.4 is 10.1 Å².